The first-order chi connectivity index (χ1) is 12.2. The third kappa shape index (κ3) is 3.42. The van der Waals surface area contributed by atoms with E-state index in [4.69, 9.17) is 16.1 Å². The van der Waals surface area contributed by atoms with Crippen LogP contribution < -0.4 is 5.32 Å². The van der Waals surface area contributed by atoms with Crippen LogP contribution in [-0.2, 0) is 6.54 Å². The molecule has 0 radical (unpaired) electrons. The number of carbonyl (C=O) groups is 1. The first-order valence-electron chi connectivity index (χ1n) is 8.59. The maximum absolute atomic E-state index is 12.4. The van der Waals surface area contributed by atoms with Crippen molar-refractivity contribution in [2.45, 2.75) is 19.4 Å². The molecular weight excluding hydrogens is 338 g/mol. The number of amides is 2. The standard InChI is InChI=1S/C19H20ClN3O2/c20-17-8-4-3-7-16(17)18-9-15(22-25-18)10-21-19(24)23-11-13-5-1-2-6-14(13)12-23/h1-4,7-9,13-14H,5-6,10-12H2,(H,21,24)/t13-,14+. The number of likely N-dealkylation sites (tertiary alicyclic amines) is 1. The number of allylic oxidation sites excluding steroid dienone is 2. The molecule has 0 bridgehead atoms. The minimum Gasteiger partial charge on any atom is -0.356 e. The van der Waals surface area contributed by atoms with Gasteiger partial charge in [0.1, 0.15) is 5.69 Å². The number of benzene rings is 1. The molecule has 0 unspecified atom stereocenters. The van der Waals surface area contributed by atoms with Gasteiger partial charge >= 0.3 is 6.03 Å². The molecule has 1 aliphatic carbocycles. The lowest BCUT2D eigenvalue weighted by atomic mass is 9.86. The zero-order chi connectivity index (χ0) is 17.2. The SMILES string of the molecule is O=C(NCc1cc(-c2ccccc2Cl)on1)N1C[C@H]2CC=CC[C@H]2C1. The van der Waals surface area contributed by atoms with Crippen molar-refractivity contribution >= 4 is 17.6 Å². The van der Waals surface area contributed by atoms with Crippen LogP contribution in [-0.4, -0.2) is 29.2 Å². The fourth-order valence-corrected chi connectivity index (χ4v) is 3.87. The van der Waals surface area contributed by atoms with Gasteiger partial charge < -0.3 is 14.7 Å². The summed E-state index contributed by atoms with van der Waals surface area (Å²) >= 11 is 6.17. The van der Waals surface area contributed by atoms with E-state index in [9.17, 15) is 4.79 Å². The van der Waals surface area contributed by atoms with Crippen LogP contribution in [0.4, 0.5) is 4.79 Å². The zero-order valence-corrected chi connectivity index (χ0v) is 14.6. The molecule has 1 aromatic heterocycles. The van der Waals surface area contributed by atoms with Gasteiger partial charge in [0.25, 0.3) is 0 Å². The van der Waals surface area contributed by atoms with Crippen molar-refractivity contribution in [3.05, 3.63) is 53.2 Å². The van der Waals surface area contributed by atoms with Gasteiger partial charge in [-0.15, -0.1) is 0 Å². The molecule has 2 aromatic rings. The lowest BCUT2D eigenvalue weighted by molar-refractivity contribution is 0.205. The Labute approximate surface area is 151 Å². The van der Waals surface area contributed by atoms with E-state index in [2.05, 4.69) is 22.6 Å². The Bertz CT molecular complexity index is 785. The monoisotopic (exact) mass is 357 g/mol. The molecule has 2 heterocycles. The van der Waals surface area contributed by atoms with Crippen molar-refractivity contribution in [3.8, 4) is 11.3 Å². The highest BCUT2D eigenvalue weighted by molar-refractivity contribution is 6.33. The minimum atomic E-state index is -0.0308. The molecule has 6 heteroatoms. The predicted octanol–water partition coefficient (Wildman–Crippen LogP) is 4.10. The van der Waals surface area contributed by atoms with Crippen LogP contribution in [0.1, 0.15) is 18.5 Å². The number of hydrogen-bond acceptors (Lipinski definition) is 3. The van der Waals surface area contributed by atoms with E-state index in [-0.39, 0.29) is 6.03 Å². The van der Waals surface area contributed by atoms with Gasteiger partial charge in [0.15, 0.2) is 5.76 Å². The second-order valence-corrected chi connectivity index (χ2v) is 7.10. The summed E-state index contributed by atoms with van der Waals surface area (Å²) < 4.78 is 5.36. The summed E-state index contributed by atoms with van der Waals surface area (Å²) in [5.41, 5.74) is 1.48. The molecule has 2 aliphatic rings. The Morgan fingerprint density at radius 1 is 1.24 bits per heavy atom. The van der Waals surface area contributed by atoms with Crippen LogP contribution in [0.3, 0.4) is 0 Å². The number of nitrogens with zero attached hydrogens (tertiary/aromatic N) is 2. The van der Waals surface area contributed by atoms with Gasteiger partial charge in [-0.05, 0) is 36.8 Å². The van der Waals surface area contributed by atoms with Crippen LogP contribution in [0, 0.1) is 11.8 Å². The lowest BCUT2D eigenvalue weighted by Crippen LogP contribution is -2.38. The minimum absolute atomic E-state index is 0.0308. The molecule has 1 aliphatic heterocycles. The van der Waals surface area contributed by atoms with Gasteiger partial charge in [-0.2, -0.15) is 0 Å². The molecule has 0 saturated carbocycles. The van der Waals surface area contributed by atoms with E-state index in [1.807, 2.05) is 35.2 Å². The second-order valence-electron chi connectivity index (χ2n) is 6.69. The van der Waals surface area contributed by atoms with E-state index in [1.165, 1.54) is 0 Å². The number of hydrogen-bond donors (Lipinski definition) is 1. The Morgan fingerprint density at radius 2 is 1.96 bits per heavy atom. The van der Waals surface area contributed by atoms with E-state index in [0.29, 0.717) is 34.9 Å². The Kier molecular flexibility index (Phi) is 4.49. The summed E-state index contributed by atoms with van der Waals surface area (Å²) in [5.74, 6) is 1.82. The molecule has 25 heavy (non-hydrogen) atoms. The summed E-state index contributed by atoms with van der Waals surface area (Å²) in [6.45, 7) is 2.02. The smallest absolute Gasteiger partial charge is 0.317 e. The quantitative estimate of drug-likeness (QED) is 0.841. The number of aromatic nitrogens is 1. The first kappa shape index (κ1) is 16.2. The topological polar surface area (TPSA) is 58.4 Å². The molecule has 1 fully saturated rings. The summed E-state index contributed by atoms with van der Waals surface area (Å²) in [7, 11) is 0. The van der Waals surface area contributed by atoms with Crippen LogP contribution in [0.15, 0.2) is 47.0 Å². The molecule has 5 nitrogen and oxygen atoms in total. The van der Waals surface area contributed by atoms with E-state index >= 15 is 0 Å². The largest absolute Gasteiger partial charge is 0.356 e. The average Bonchev–Trinajstić information content (AvgIpc) is 3.27. The maximum Gasteiger partial charge on any atom is 0.317 e. The Morgan fingerprint density at radius 3 is 2.68 bits per heavy atom. The third-order valence-electron chi connectivity index (χ3n) is 5.03. The molecule has 1 aromatic carbocycles. The zero-order valence-electron chi connectivity index (χ0n) is 13.8. The predicted molar refractivity (Wildman–Crippen MR) is 96.1 cm³/mol. The number of nitrogens with one attached hydrogen (secondary N) is 1. The van der Waals surface area contributed by atoms with Crippen molar-refractivity contribution < 1.29 is 9.32 Å². The fraction of sp³-hybridized carbons (Fsp3) is 0.368. The highest BCUT2D eigenvalue weighted by atomic mass is 35.5. The summed E-state index contributed by atoms with van der Waals surface area (Å²) in [6, 6.07) is 9.24. The van der Waals surface area contributed by atoms with Crippen molar-refractivity contribution in [1.29, 1.82) is 0 Å². The first-order valence-corrected chi connectivity index (χ1v) is 8.97. The summed E-state index contributed by atoms with van der Waals surface area (Å²) in [4.78, 5) is 14.3. The number of carbonyl (C=O) groups excluding carboxylic acids is 1. The Balaban J connectivity index is 1.35. The molecule has 1 N–H and O–H groups in total. The van der Waals surface area contributed by atoms with Gasteiger partial charge in [0.05, 0.1) is 11.6 Å². The van der Waals surface area contributed by atoms with Crippen LogP contribution >= 0.6 is 11.6 Å². The number of halogens is 1. The van der Waals surface area contributed by atoms with E-state index < -0.39 is 0 Å². The molecule has 1 saturated heterocycles. The number of rotatable bonds is 3. The van der Waals surface area contributed by atoms with E-state index in [0.717, 1.165) is 31.5 Å². The highest BCUT2D eigenvalue weighted by Gasteiger charge is 2.34. The second kappa shape index (κ2) is 6.92. The fourth-order valence-electron chi connectivity index (χ4n) is 3.64. The van der Waals surface area contributed by atoms with Crippen molar-refractivity contribution in [1.82, 2.24) is 15.4 Å². The molecule has 0 spiro atoms. The molecular formula is C19H20ClN3O2. The van der Waals surface area contributed by atoms with Crippen molar-refractivity contribution in [2.75, 3.05) is 13.1 Å². The van der Waals surface area contributed by atoms with Crippen LogP contribution in [0.2, 0.25) is 5.02 Å². The summed E-state index contributed by atoms with van der Waals surface area (Å²) in [6.07, 6.45) is 6.63. The normalized spacial score (nSPS) is 22.0. The molecule has 2 amide bonds. The average molecular weight is 358 g/mol. The van der Waals surface area contributed by atoms with Gasteiger partial charge in [0, 0.05) is 24.7 Å². The number of urea groups is 1. The van der Waals surface area contributed by atoms with Gasteiger partial charge in [-0.3, -0.25) is 0 Å². The van der Waals surface area contributed by atoms with Gasteiger partial charge in [0.2, 0.25) is 0 Å². The van der Waals surface area contributed by atoms with Crippen molar-refractivity contribution in [3.63, 3.8) is 0 Å². The van der Waals surface area contributed by atoms with Crippen molar-refractivity contribution in [2.24, 2.45) is 11.8 Å². The highest BCUT2D eigenvalue weighted by Crippen LogP contribution is 2.32. The molecule has 2 atom stereocenters. The third-order valence-corrected chi connectivity index (χ3v) is 5.36. The van der Waals surface area contributed by atoms with E-state index in [1.54, 1.807) is 0 Å². The van der Waals surface area contributed by atoms with Crippen LogP contribution in [0.5, 0.6) is 0 Å². The number of fused-ring (bicyclic) bond motifs is 1. The lowest BCUT2D eigenvalue weighted by Gasteiger charge is -2.17. The van der Waals surface area contributed by atoms with Gasteiger partial charge in [-0.25, -0.2) is 4.79 Å². The Hall–Kier alpha value is -2.27. The molecule has 130 valence electrons. The summed E-state index contributed by atoms with van der Waals surface area (Å²) in [5, 5.41) is 7.58. The molecule has 4 rings (SSSR count). The van der Waals surface area contributed by atoms with Gasteiger partial charge in [-0.1, -0.05) is 41.0 Å². The maximum atomic E-state index is 12.4. The van der Waals surface area contributed by atoms with Crippen LogP contribution in [0.25, 0.3) is 11.3 Å².